The highest BCUT2D eigenvalue weighted by Gasteiger charge is 2.25. The van der Waals surface area contributed by atoms with Gasteiger partial charge >= 0.3 is 0 Å². The summed E-state index contributed by atoms with van der Waals surface area (Å²) in [5, 5.41) is 18.0. The second-order valence-corrected chi connectivity index (χ2v) is 8.31. The van der Waals surface area contributed by atoms with Gasteiger partial charge in [-0.1, -0.05) is 80.6 Å². The molecule has 1 atom stereocenters. The second-order valence-electron chi connectivity index (χ2n) is 8.31. The highest BCUT2D eigenvalue weighted by molar-refractivity contribution is 4.77. The minimum absolute atomic E-state index is 0.0211. The van der Waals surface area contributed by atoms with Gasteiger partial charge in [-0.15, -0.1) is 0 Å². The predicted molar refractivity (Wildman–Crippen MR) is 127 cm³/mol. The minimum Gasteiger partial charge on any atom is -0.396 e. The van der Waals surface area contributed by atoms with Crippen LogP contribution in [0.5, 0.6) is 0 Å². The maximum atomic E-state index is 9.12. The Morgan fingerprint density at radius 3 is 1.50 bits per heavy atom. The molecule has 0 aromatic carbocycles. The van der Waals surface area contributed by atoms with Crippen molar-refractivity contribution in [3.05, 3.63) is 0 Å². The van der Waals surface area contributed by atoms with Gasteiger partial charge in [-0.2, -0.15) is 0 Å². The summed E-state index contributed by atoms with van der Waals surface area (Å²) in [6.45, 7) is 15.3. The molecule has 0 aliphatic heterocycles. The Kier molecular flexibility index (Phi) is 23.3. The van der Waals surface area contributed by atoms with E-state index in [1.165, 1.54) is 64.2 Å². The van der Waals surface area contributed by atoms with Crippen LogP contribution in [0.1, 0.15) is 132 Å². The van der Waals surface area contributed by atoms with E-state index in [1.807, 2.05) is 27.7 Å². The zero-order chi connectivity index (χ0) is 21.8. The van der Waals surface area contributed by atoms with Gasteiger partial charge in [-0.05, 0) is 75.0 Å². The van der Waals surface area contributed by atoms with E-state index in [2.05, 4.69) is 20.8 Å². The first-order valence-corrected chi connectivity index (χ1v) is 12.9. The van der Waals surface area contributed by atoms with Crippen molar-refractivity contribution in [3.63, 3.8) is 0 Å². The summed E-state index contributed by atoms with van der Waals surface area (Å²) in [5.41, 5.74) is 0. The van der Waals surface area contributed by atoms with Crippen molar-refractivity contribution in [2.75, 3.05) is 6.61 Å². The number of hydrogen-bond donors (Lipinski definition) is 2. The van der Waals surface area contributed by atoms with Crippen molar-refractivity contribution in [1.29, 1.82) is 0 Å². The van der Waals surface area contributed by atoms with Crippen LogP contribution in [0.2, 0.25) is 0 Å². The minimum atomic E-state index is 0.0211. The summed E-state index contributed by atoms with van der Waals surface area (Å²) in [7, 11) is 0. The third kappa shape index (κ3) is 14.0. The fraction of sp³-hybridized carbons (Fsp3) is 1.00. The van der Waals surface area contributed by atoms with E-state index in [0.717, 1.165) is 42.9 Å². The Bertz CT molecular complexity index is 276. The predicted octanol–water partition coefficient (Wildman–Crippen LogP) is 8.00. The standard InChI is InChI=1S/C14H28O.C8H16O.2C2H6/c1-3-12-7-9-14(10-8-12)13(4-2)6-5-11-15;1-2-7-3-5-8(9)6-4-7;2*1-2/h12-15H,3-11H2,1-2H3;7-9H,2-6H2,1H3;2*1-2H3. The summed E-state index contributed by atoms with van der Waals surface area (Å²) in [6.07, 6.45) is 16.6. The molecule has 0 spiro atoms. The summed E-state index contributed by atoms with van der Waals surface area (Å²) in [4.78, 5) is 0. The molecule has 2 fully saturated rings. The molecule has 172 valence electrons. The van der Waals surface area contributed by atoms with Gasteiger partial charge in [0.25, 0.3) is 0 Å². The highest BCUT2D eigenvalue weighted by atomic mass is 16.3. The molecule has 0 radical (unpaired) electrons. The lowest BCUT2D eigenvalue weighted by Gasteiger charge is -2.33. The van der Waals surface area contributed by atoms with E-state index in [9.17, 15) is 0 Å². The Hall–Kier alpha value is -0.0800. The van der Waals surface area contributed by atoms with Crippen LogP contribution in [0.3, 0.4) is 0 Å². The van der Waals surface area contributed by atoms with Gasteiger partial charge in [0.1, 0.15) is 0 Å². The highest BCUT2D eigenvalue weighted by Crippen LogP contribution is 2.37. The smallest absolute Gasteiger partial charge is 0.0540 e. The fourth-order valence-corrected chi connectivity index (χ4v) is 4.75. The van der Waals surface area contributed by atoms with Gasteiger partial charge in [0.15, 0.2) is 0 Å². The van der Waals surface area contributed by atoms with Crippen molar-refractivity contribution in [2.24, 2.45) is 23.7 Å². The molecule has 0 aromatic rings. The van der Waals surface area contributed by atoms with Gasteiger partial charge in [-0.3, -0.25) is 0 Å². The number of rotatable bonds is 7. The average molecular weight is 401 g/mol. The molecule has 0 heterocycles. The van der Waals surface area contributed by atoms with Crippen LogP contribution >= 0.6 is 0 Å². The molecule has 2 heteroatoms. The van der Waals surface area contributed by atoms with E-state index in [1.54, 1.807) is 0 Å². The first kappa shape index (κ1) is 30.1. The molecule has 2 saturated carbocycles. The van der Waals surface area contributed by atoms with Crippen LogP contribution in [-0.2, 0) is 0 Å². The fourth-order valence-electron chi connectivity index (χ4n) is 4.75. The van der Waals surface area contributed by atoms with Crippen LogP contribution < -0.4 is 0 Å². The quantitative estimate of drug-likeness (QED) is 0.454. The molecule has 0 saturated heterocycles. The summed E-state index contributed by atoms with van der Waals surface area (Å²) in [6, 6.07) is 0. The van der Waals surface area contributed by atoms with Crippen molar-refractivity contribution in [2.45, 2.75) is 138 Å². The van der Waals surface area contributed by atoms with Gasteiger partial charge < -0.3 is 10.2 Å². The monoisotopic (exact) mass is 400 g/mol. The molecule has 2 rings (SSSR count). The molecule has 2 nitrogen and oxygen atoms in total. The van der Waals surface area contributed by atoms with Gasteiger partial charge in [0.05, 0.1) is 6.10 Å². The zero-order valence-corrected chi connectivity index (χ0v) is 20.7. The summed E-state index contributed by atoms with van der Waals surface area (Å²) in [5.74, 6) is 3.77. The van der Waals surface area contributed by atoms with Crippen LogP contribution in [0.15, 0.2) is 0 Å². The van der Waals surface area contributed by atoms with Crippen molar-refractivity contribution < 1.29 is 10.2 Å². The van der Waals surface area contributed by atoms with Gasteiger partial charge in [0, 0.05) is 6.61 Å². The average Bonchev–Trinajstić information content (AvgIpc) is 2.78. The van der Waals surface area contributed by atoms with Crippen molar-refractivity contribution in [1.82, 2.24) is 0 Å². The maximum Gasteiger partial charge on any atom is 0.0540 e. The molecule has 2 N–H and O–H groups in total. The Morgan fingerprint density at radius 2 is 1.14 bits per heavy atom. The molecule has 2 aliphatic rings. The van der Waals surface area contributed by atoms with E-state index in [0.29, 0.717) is 6.61 Å². The van der Waals surface area contributed by atoms with Crippen LogP contribution in [0, 0.1) is 23.7 Å². The molecular weight excluding hydrogens is 344 g/mol. The van der Waals surface area contributed by atoms with E-state index in [4.69, 9.17) is 10.2 Å². The van der Waals surface area contributed by atoms with E-state index in [-0.39, 0.29) is 6.10 Å². The van der Waals surface area contributed by atoms with Crippen LogP contribution in [0.4, 0.5) is 0 Å². The molecule has 0 aromatic heterocycles. The first-order chi connectivity index (χ1) is 13.6. The Morgan fingerprint density at radius 1 is 0.714 bits per heavy atom. The number of aliphatic hydroxyl groups is 2. The van der Waals surface area contributed by atoms with Gasteiger partial charge in [-0.25, -0.2) is 0 Å². The lowest BCUT2D eigenvalue weighted by Crippen LogP contribution is -2.21. The van der Waals surface area contributed by atoms with Gasteiger partial charge in [0.2, 0.25) is 0 Å². The summed E-state index contributed by atoms with van der Waals surface area (Å²) < 4.78 is 0. The second kappa shape index (κ2) is 21.6. The Labute approximate surface area is 178 Å². The third-order valence-electron chi connectivity index (χ3n) is 6.79. The third-order valence-corrected chi connectivity index (χ3v) is 6.79. The largest absolute Gasteiger partial charge is 0.396 e. The van der Waals surface area contributed by atoms with Crippen molar-refractivity contribution >= 4 is 0 Å². The molecule has 2 aliphatic carbocycles. The zero-order valence-electron chi connectivity index (χ0n) is 20.7. The van der Waals surface area contributed by atoms with E-state index < -0.39 is 0 Å². The van der Waals surface area contributed by atoms with Crippen LogP contribution in [0.25, 0.3) is 0 Å². The molecular formula is C26H56O2. The Balaban J connectivity index is 0. The molecule has 1 unspecified atom stereocenters. The van der Waals surface area contributed by atoms with E-state index >= 15 is 0 Å². The normalized spacial score (nSPS) is 27.8. The number of hydrogen-bond acceptors (Lipinski definition) is 2. The maximum absolute atomic E-state index is 9.12. The first-order valence-electron chi connectivity index (χ1n) is 12.9. The number of aliphatic hydroxyl groups excluding tert-OH is 2. The molecule has 28 heavy (non-hydrogen) atoms. The lowest BCUT2D eigenvalue weighted by molar-refractivity contribution is 0.108. The molecule has 0 amide bonds. The topological polar surface area (TPSA) is 40.5 Å². The summed E-state index contributed by atoms with van der Waals surface area (Å²) >= 11 is 0. The lowest BCUT2D eigenvalue weighted by atomic mass is 9.73. The SMILES string of the molecule is CC.CC.CCC1CCC(C(CC)CCCO)CC1.CCC1CCC(O)CC1. The van der Waals surface area contributed by atoms with Crippen molar-refractivity contribution in [3.8, 4) is 0 Å². The van der Waals surface area contributed by atoms with Crippen LogP contribution in [-0.4, -0.2) is 22.9 Å². The molecule has 0 bridgehead atoms.